The quantitative estimate of drug-likeness (QED) is 0.485. The van der Waals surface area contributed by atoms with E-state index in [-0.39, 0.29) is 12.3 Å². The van der Waals surface area contributed by atoms with Gasteiger partial charge in [0.2, 0.25) is 0 Å². The molecule has 1 atom stereocenters. The summed E-state index contributed by atoms with van der Waals surface area (Å²) in [5, 5.41) is 0. The van der Waals surface area contributed by atoms with Gasteiger partial charge in [0, 0.05) is 18.7 Å². The number of methoxy groups -OCH3 is 1. The molecule has 0 fully saturated rings. The normalized spacial score (nSPS) is 12.2. The SMILES string of the molecule is COC(=O)C(C)Oc1ccccc1COc1ccc(-n2c(=O)cc(C(F)(F)F)n(C)c2=O)cc1. The Kier molecular flexibility index (Phi) is 7.14. The van der Waals surface area contributed by atoms with Gasteiger partial charge >= 0.3 is 17.8 Å². The molecule has 3 aromatic rings. The average molecular weight is 478 g/mol. The highest BCUT2D eigenvalue weighted by Crippen LogP contribution is 2.27. The highest BCUT2D eigenvalue weighted by molar-refractivity contribution is 5.74. The number of nitrogens with zero attached hydrogens (tertiary/aromatic N) is 2. The number of carbonyl (C=O) groups is 1. The Hall–Kier alpha value is -4.02. The molecule has 34 heavy (non-hydrogen) atoms. The van der Waals surface area contributed by atoms with Gasteiger partial charge in [-0.2, -0.15) is 13.2 Å². The first-order valence-corrected chi connectivity index (χ1v) is 9.99. The number of rotatable bonds is 7. The van der Waals surface area contributed by atoms with Crippen LogP contribution in [0.2, 0.25) is 0 Å². The molecule has 0 radical (unpaired) electrons. The van der Waals surface area contributed by atoms with Gasteiger partial charge in [-0.05, 0) is 37.3 Å². The predicted molar refractivity (Wildman–Crippen MR) is 115 cm³/mol. The second-order valence-electron chi connectivity index (χ2n) is 7.22. The molecule has 0 aliphatic rings. The third kappa shape index (κ3) is 5.30. The fourth-order valence-corrected chi connectivity index (χ4v) is 3.13. The summed E-state index contributed by atoms with van der Waals surface area (Å²) in [6.45, 7) is 1.63. The molecule has 0 saturated heterocycles. The number of alkyl halides is 3. The lowest BCUT2D eigenvalue weighted by molar-refractivity contribution is -0.148. The summed E-state index contributed by atoms with van der Waals surface area (Å²) in [5.41, 5.74) is -2.83. The van der Waals surface area contributed by atoms with Gasteiger partial charge in [0.05, 0.1) is 12.8 Å². The maximum atomic E-state index is 13.0. The first kappa shape index (κ1) is 24.6. The number of hydrogen-bond acceptors (Lipinski definition) is 6. The zero-order valence-corrected chi connectivity index (χ0v) is 18.5. The zero-order chi connectivity index (χ0) is 25.0. The zero-order valence-electron chi connectivity index (χ0n) is 18.5. The van der Waals surface area contributed by atoms with Crippen LogP contribution in [-0.2, 0) is 29.4 Å². The van der Waals surface area contributed by atoms with Crippen LogP contribution in [-0.4, -0.2) is 28.3 Å². The van der Waals surface area contributed by atoms with E-state index in [9.17, 15) is 27.6 Å². The van der Waals surface area contributed by atoms with Crippen molar-refractivity contribution in [3.63, 3.8) is 0 Å². The average Bonchev–Trinajstić information content (AvgIpc) is 2.80. The van der Waals surface area contributed by atoms with Gasteiger partial charge in [0.25, 0.3) is 5.56 Å². The third-order valence-corrected chi connectivity index (χ3v) is 4.91. The van der Waals surface area contributed by atoms with Crippen molar-refractivity contribution in [2.24, 2.45) is 7.05 Å². The van der Waals surface area contributed by atoms with Crippen molar-refractivity contribution in [1.29, 1.82) is 0 Å². The Bertz CT molecular complexity index is 1300. The van der Waals surface area contributed by atoms with Crippen LogP contribution in [0, 0.1) is 0 Å². The molecule has 1 unspecified atom stereocenters. The van der Waals surface area contributed by atoms with Crippen molar-refractivity contribution in [2.75, 3.05) is 7.11 Å². The summed E-state index contributed by atoms with van der Waals surface area (Å²) in [7, 11) is 2.20. The van der Waals surface area contributed by atoms with E-state index in [1.54, 1.807) is 31.2 Å². The molecular formula is C23H21F3N2O6. The minimum absolute atomic E-state index is 0.0748. The van der Waals surface area contributed by atoms with E-state index in [1.165, 1.54) is 31.4 Å². The lowest BCUT2D eigenvalue weighted by Crippen LogP contribution is -2.40. The van der Waals surface area contributed by atoms with E-state index >= 15 is 0 Å². The van der Waals surface area contributed by atoms with Gasteiger partial charge in [0.1, 0.15) is 23.8 Å². The smallest absolute Gasteiger partial charge is 0.431 e. The Labute approximate surface area is 191 Å². The number of esters is 1. The number of aromatic nitrogens is 2. The Morgan fingerprint density at radius 2 is 1.71 bits per heavy atom. The van der Waals surface area contributed by atoms with Gasteiger partial charge in [-0.3, -0.25) is 9.36 Å². The highest BCUT2D eigenvalue weighted by Gasteiger charge is 2.35. The summed E-state index contributed by atoms with van der Waals surface area (Å²) in [5.74, 6) is 0.268. The molecule has 180 valence electrons. The summed E-state index contributed by atoms with van der Waals surface area (Å²) in [6, 6.07) is 13.0. The van der Waals surface area contributed by atoms with Crippen LogP contribution in [0.25, 0.3) is 5.69 Å². The van der Waals surface area contributed by atoms with Crippen molar-refractivity contribution in [3.8, 4) is 17.2 Å². The van der Waals surface area contributed by atoms with E-state index in [1.807, 2.05) is 0 Å². The van der Waals surface area contributed by atoms with Gasteiger partial charge in [0.15, 0.2) is 6.10 Å². The first-order chi connectivity index (χ1) is 16.0. The summed E-state index contributed by atoms with van der Waals surface area (Å²) < 4.78 is 56.1. The fourth-order valence-electron chi connectivity index (χ4n) is 3.13. The molecule has 0 bridgehead atoms. The second kappa shape index (κ2) is 9.86. The summed E-state index contributed by atoms with van der Waals surface area (Å²) >= 11 is 0. The lowest BCUT2D eigenvalue weighted by atomic mass is 10.2. The van der Waals surface area contributed by atoms with Crippen molar-refractivity contribution >= 4 is 5.97 Å². The van der Waals surface area contributed by atoms with Crippen molar-refractivity contribution in [3.05, 3.63) is 86.7 Å². The molecule has 0 amide bonds. The van der Waals surface area contributed by atoms with Gasteiger partial charge in [-0.25, -0.2) is 14.2 Å². The van der Waals surface area contributed by atoms with Crippen molar-refractivity contribution in [2.45, 2.75) is 25.8 Å². The molecule has 0 saturated carbocycles. The van der Waals surface area contributed by atoms with Gasteiger partial charge in [-0.1, -0.05) is 18.2 Å². The number of para-hydroxylation sites is 1. The minimum Gasteiger partial charge on any atom is -0.489 e. The van der Waals surface area contributed by atoms with Crippen LogP contribution in [0.1, 0.15) is 18.2 Å². The first-order valence-electron chi connectivity index (χ1n) is 9.99. The molecule has 1 heterocycles. The number of ether oxygens (including phenoxy) is 3. The largest absolute Gasteiger partial charge is 0.489 e. The van der Waals surface area contributed by atoms with Crippen LogP contribution in [0.5, 0.6) is 11.5 Å². The maximum Gasteiger partial charge on any atom is 0.431 e. The van der Waals surface area contributed by atoms with E-state index < -0.39 is 35.2 Å². The van der Waals surface area contributed by atoms with Crippen LogP contribution in [0.4, 0.5) is 13.2 Å². The molecule has 2 aromatic carbocycles. The Balaban J connectivity index is 1.79. The van der Waals surface area contributed by atoms with Crippen LogP contribution >= 0.6 is 0 Å². The minimum atomic E-state index is -4.83. The monoisotopic (exact) mass is 478 g/mol. The standard InChI is InChI=1S/C23H21F3N2O6/c1-14(21(30)32-3)34-18-7-5-4-6-15(18)13-33-17-10-8-16(9-11-17)28-20(29)12-19(23(24,25)26)27(2)22(28)31/h4-12,14H,13H2,1-3H3. The molecule has 1 aromatic heterocycles. The van der Waals surface area contributed by atoms with Crippen LogP contribution in [0.15, 0.2) is 64.2 Å². The number of carbonyl (C=O) groups excluding carboxylic acids is 1. The number of hydrogen-bond donors (Lipinski definition) is 0. The number of halogens is 3. The molecule has 0 N–H and O–H groups in total. The van der Waals surface area contributed by atoms with E-state index in [2.05, 4.69) is 4.74 Å². The van der Waals surface area contributed by atoms with E-state index in [0.29, 0.717) is 32.3 Å². The highest BCUT2D eigenvalue weighted by atomic mass is 19.4. The summed E-state index contributed by atoms with van der Waals surface area (Å²) in [4.78, 5) is 36.2. The van der Waals surface area contributed by atoms with Crippen molar-refractivity contribution < 1.29 is 32.2 Å². The molecule has 0 spiro atoms. The molecular weight excluding hydrogens is 457 g/mol. The Morgan fingerprint density at radius 3 is 2.32 bits per heavy atom. The van der Waals surface area contributed by atoms with Crippen LogP contribution in [0.3, 0.4) is 0 Å². The topological polar surface area (TPSA) is 88.8 Å². The molecule has 3 rings (SSSR count). The van der Waals surface area contributed by atoms with E-state index in [0.717, 1.165) is 7.05 Å². The number of benzene rings is 2. The van der Waals surface area contributed by atoms with E-state index in [4.69, 9.17) is 9.47 Å². The molecule has 8 nitrogen and oxygen atoms in total. The van der Waals surface area contributed by atoms with Crippen molar-refractivity contribution in [1.82, 2.24) is 9.13 Å². The lowest BCUT2D eigenvalue weighted by Gasteiger charge is -2.16. The predicted octanol–water partition coefficient (Wildman–Crippen LogP) is 3.07. The molecule has 0 aliphatic carbocycles. The second-order valence-corrected chi connectivity index (χ2v) is 7.22. The fraction of sp³-hybridized carbons (Fsp3) is 0.261. The third-order valence-electron chi connectivity index (χ3n) is 4.91. The van der Waals surface area contributed by atoms with Crippen LogP contribution < -0.4 is 20.7 Å². The van der Waals surface area contributed by atoms with Gasteiger partial charge < -0.3 is 14.2 Å². The Morgan fingerprint density at radius 1 is 1.06 bits per heavy atom. The maximum absolute atomic E-state index is 13.0. The summed E-state index contributed by atoms with van der Waals surface area (Å²) in [6.07, 6.45) is -5.66. The molecule has 11 heteroatoms. The van der Waals surface area contributed by atoms with Gasteiger partial charge in [-0.15, -0.1) is 0 Å². The molecule has 0 aliphatic heterocycles.